The molecule has 2 aromatic rings. The van der Waals surface area contributed by atoms with Crippen molar-refractivity contribution >= 4 is 17.5 Å². The van der Waals surface area contributed by atoms with Gasteiger partial charge in [-0.1, -0.05) is 11.6 Å². The zero-order valence-electron chi connectivity index (χ0n) is 11.4. The van der Waals surface area contributed by atoms with Crippen molar-refractivity contribution in [1.82, 2.24) is 24.5 Å². The summed E-state index contributed by atoms with van der Waals surface area (Å²) in [6.45, 7) is 2.30. The highest BCUT2D eigenvalue weighted by molar-refractivity contribution is 6.31. The molecule has 0 N–H and O–H groups in total. The van der Waals surface area contributed by atoms with Gasteiger partial charge in [-0.15, -0.1) is 0 Å². The third-order valence-corrected chi connectivity index (χ3v) is 3.39. The van der Waals surface area contributed by atoms with E-state index in [4.69, 9.17) is 11.6 Å². The zero-order valence-corrected chi connectivity index (χ0v) is 12.1. The van der Waals surface area contributed by atoms with Crippen molar-refractivity contribution in [3.63, 3.8) is 0 Å². The first kappa shape index (κ1) is 13.6. The molecular formula is C12H16ClN5O. The topological polar surface area (TPSA) is 56.0 Å². The van der Waals surface area contributed by atoms with E-state index < -0.39 is 0 Å². The molecule has 19 heavy (non-hydrogen) atoms. The molecule has 0 saturated carbocycles. The Bertz CT molecular complexity index is 577. The van der Waals surface area contributed by atoms with Gasteiger partial charge in [-0.05, 0) is 13.0 Å². The predicted molar refractivity (Wildman–Crippen MR) is 72.0 cm³/mol. The van der Waals surface area contributed by atoms with E-state index in [1.807, 2.05) is 14.0 Å². The largest absolute Gasteiger partial charge is 0.334 e. The van der Waals surface area contributed by atoms with Crippen molar-refractivity contribution in [3.8, 4) is 0 Å². The third kappa shape index (κ3) is 2.63. The van der Waals surface area contributed by atoms with Crippen molar-refractivity contribution in [2.45, 2.75) is 13.5 Å². The van der Waals surface area contributed by atoms with E-state index in [9.17, 15) is 4.79 Å². The second-order valence-electron chi connectivity index (χ2n) is 4.52. The van der Waals surface area contributed by atoms with Gasteiger partial charge >= 0.3 is 0 Å². The molecule has 0 aliphatic rings. The minimum Gasteiger partial charge on any atom is -0.334 e. The number of aromatic nitrogens is 4. The van der Waals surface area contributed by atoms with Gasteiger partial charge in [0.2, 0.25) is 0 Å². The Morgan fingerprint density at radius 1 is 1.42 bits per heavy atom. The van der Waals surface area contributed by atoms with E-state index in [1.165, 1.54) is 0 Å². The summed E-state index contributed by atoms with van der Waals surface area (Å²) in [5.74, 6) is -0.138. The lowest BCUT2D eigenvalue weighted by Gasteiger charge is -2.16. The number of rotatable bonds is 3. The molecule has 6 nitrogen and oxygen atoms in total. The van der Waals surface area contributed by atoms with Crippen LogP contribution in [-0.2, 0) is 20.6 Å². The molecule has 0 aliphatic carbocycles. The Hall–Kier alpha value is -1.82. The van der Waals surface area contributed by atoms with Gasteiger partial charge in [-0.25, -0.2) is 0 Å². The summed E-state index contributed by atoms with van der Waals surface area (Å²) in [6.07, 6.45) is 1.57. The molecule has 7 heteroatoms. The molecule has 102 valence electrons. The van der Waals surface area contributed by atoms with Crippen molar-refractivity contribution in [1.29, 1.82) is 0 Å². The minimum atomic E-state index is -0.138. The fourth-order valence-corrected chi connectivity index (χ4v) is 2.00. The molecular weight excluding hydrogens is 266 g/mol. The predicted octanol–water partition coefficient (Wildman–Crippen LogP) is 1.39. The Balaban J connectivity index is 2.16. The molecule has 2 rings (SSSR count). The summed E-state index contributed by atoms with van der Waals surface area (Å²) in [7, 11) is 5.32. The molecule has 0 atom stereocenters. The SMILES string of the molecule is Cc1cc(C(=O)N(C)Cc2c(Cl)cnn2C)nn1C. The number of carbonyl (C=O) groups excluding carboxylic acids is 1. The van der Waals surface area contributed by atoms with Gasteiger partial charge in [0.05, 0.1) is 23.5 Å². The molecule has 0 unspecified atom stereocenters. The van der Waals surface area contributed by atoms with Crippen LogP contribution in [0.15, 0.2) is 12.3 Å². The molecule has 0 aromatic carbocycles. The third-order valence-electron chi connectivity index (χ3n) is 3.08. The molecule has 0 saturated heterocycles. The smallest absolute Gasteiger partial charge is 0.274 e. The van der Waals surface area contributed by atoms with E-state index in [0.29, 0.717) is 17.3 Å². The molecule has 2 heterocycles. The number of halogens is 1. The average molecular weight is 282 g/mol. The summed E-state index contributed by atoms with van der Waals surface area (Å²) in [5.41, 5.74) is 2.17. The molecule has 0 aliphatic heterocycles. The summed E-state index contributed by atoms with van der Waals surface area (Å²) in [4.78, 5) is 13.8. The van der Waals surface area contributed by atoms with Crippen molar-refractivity contribution < 1.29 is 4.79 Å². The van der Waals surface area contributed by atoms with Crippen molar-refractivity contribution in [2.24, 2.45) is 14.1 Å². The van der Waals surface area contributed by atoms with E-state index in [0.717, 1.165) is 11.4 Å². The second kappa shape index (κ2) is 5.05. The van der Waals surface area contributed by atoms with Crippen LogP contribution in [0.2, 0.25) is 5.02 Å². The number of aryl methyl sites for hydroxylation is 3. The highest BCUT2D eigenvalue weighted by Gasteiger charge is 2.18. The highest BCUT2D eigenvalue weighted by Crippen LogP contribution is 2.16. The van der Waals surface area contributed by atoms with Crippen LogP contribution >= 0.6 is 11.6 Å². The second-order valence-corrected chi connectivity index (χ2v) is 4.93. The van der Waals surface area contributed by atoms with Gasteiger partial charge in [0.1, 0.15) is 0 Å². The highest BCUT2D eigenvalue weighted by atomic mass is 35.5. The van der Waals surface area contributed by atoms with Gasteiger partial charge in [0, 0.05) is 26.8 Å². The van der Waals surface area contributed by atoms with Crippen molar-refractivity contribution in [3.05, 3.63) is 34.4 Å². The lowest BCUT2D eigenvalue weighted by atomic mass is 10.3. The van der Waals surface area contributed by atoms with Crippen LogP contribution in [0.1, 0.15) is 21.9 Å². The molecule has 0 spiro atoms. The molecule has 1 amide bonds. The van der Waals surface area contributed by atoms with Crippen LogP contribution in [0.3, 0.4) is 0 Å². The van der Waals surface area contributed by atoms with Gasteiger partial charge in [-0.2, -0.15) is 10.2 Å². The number of hydrogen-bond acceptors (Lipinski definition) is 3. The van der Waals surface area contributed by atoms with Crippen LogP contribution in [0.25, 0.3) is 0 Å². The Labute approximate surface area is 116 Å². The monoisotopic (exact) mass is 281 g/mol. The maximum atomic E-state index is 12.2. The van der Waals surface area contributed by atoms with E-state index in [1.54, 1.807) is 40.6 Å². The average Bonchev–Trinajstić information content (AvgIpc) is 2.85. The quantitative estimate of drug-likeness (QED) is 0.854. The lowest BCUT2D eigenvalue weighted by molar-refractivity contribution is 0.0775. The lowest BCUT2D eigenvalue weighted by Crippen LogP contribution is -2.27. The van der Waals surface area contributed by atoms with Crippen molar-refractivity contribution in [2.75, 3.05) is 7.05 Å². The van der Waals surface area contributed by atoms with Gasteiger partial charge in [0.15, 0.2) is 5.69 Å². The van der Waals surface area contributed by atoms with Crippen LogP contribution in [0.4, 0.5) is 0 Å². The fourth-order valence-electron chi connectivity index (χ4n) is 1.77. The summed E-state index contributed by atoms with van der Waals surface area (Å²) in [6, 6.07) is 1.77. The molecule has 0 fully saturated rings. The van der Waals surface area contributed by atoms with Crippen LogP contribution in [-0.4, -0.2) is 37.4 Å². The first-order valence-corrected chi connectivity index (χ1v) is 6.20. The molecule has 0 radical (unpaired) electrons. The first-order valence-electron chi connectivity index (χ1n) is 5.82. The number of carbonyl (C=O) groups is 1. The Morgan fingerprint density at radius 3 is 2.58 bits per heavy atom. The summed E-state index contributed by atoms with van der Waals surface area (Å²) < 4.78 is 3.34. The minimum absolute atomic E-state index is 0.138. The number of hydrogen-bond donors (Lipinski definition) is 0. The standard InChI is InChI=1S/C12H16ClN5O/c1-8-5-10(15-17(8)3)12(19)16(2)7-11-9(13)6-14-18(11)4/h5-6H,7H2,1-4H3. The summed E-state index contributed by atoms with van der Waals surface area (Å²) >= 11 is 6.03. The number of amides is 1. The van der Waals surface area contributed by atoms with Gasteiger partial charge in [-0.3, -0.25) is 14.2 Å². The maximum Gasteiger partial charge on any atom is 0.274 e. The van der Waals surface area contributed by atoms with Gasteiger partial charge in [0.25, 0.3) is 5.91 Å². The Kier molecular flexibility index (Phi) is 3.61. The van der Waals surface area contributed by atoms with E-state index in [-0.39, 0.29) is 5.91 Å². The Morgan fingerprint density at radius 2 is 2.11 bits per heavy atom. The van der Waals surface area contributed by atoms with Crippen LogP contribution < -0.4 is 0 Å². The normalized spacial score (nSPS) is 10.8. The van der Waals surface area contributed by atoms with Crippen LogP contribution in [0.5, 0.6) is 0 Å². The van der Waals surface area contributed by atoms with Gasteiger partial charge < -0.3 is 4.90 Å². The fraction of sp³-hybridized carbons (Fsp3) is 0.417. The number of nitrogens with zero attached hydrogens (tertiary/aromatic N) is 5. The molecule has 2 aromatic heterocycles. The summed E-state index contributed by atoms with van der Waals surface area (Å²) in [5, 5.41) is 8.78. The molecule has 0 bridgehead atoms. The van der Waals surface area contributed by atoms with E-state index >= 15 is 0 Å². The first-order chi connectivity index (χ1) is 8.90. The maximum absolute atomic E-state index is 12.2. The zero-order chi connectivity index (χ0) is 14.2. The van der Waals surface area contributed by atoms with E-state index in [2.05, 4.69) is 10.2 Å². The van der Waals surface area contributed by atoms with Crippen LogP contribution in [0, 0.1) is 6.92 Å².